The number of hydrogen-bond acceptors (Lipinski definition) is 4. The van der Waals surface area contributed by atoms with Crippen molar-refractivity contribution in [1.29, 1.82) is 0 Å². The number of nitrogens with one attached hydrogen (secondary N) is 2. The summed E-state index contributed by atoms with van der Waals surface area (Å²) in [5.74, 6) is 0. The van der Waals surface area contributed by atoms with E-state index in [0.717, 1.165) is 19.6 Å². The molecule has 2 heterocycles. The monoisotopic (exact) mass is 221 g/mol. The number of anilines is 2. The van der Waals surface area contributed by atoms with E-state index >= 15 is 0 Å². The van der Waals surface area contributed by atoms with E-state index in [1.807, 2.05) is 11.8 Å². The summed E-state index contributed by atoms with van der Waals surface area (Å²) in [5, 5.41) is 6.84. The van der Waals surface area contributed by atoms with Gasteiger partial charge in [-0.2, -0.15) is 0 Å². The zero-order chi connectivity index (χ0) is 10.3. The molecular weight excluding hydrogens is 206 g/mol. The van der Waals surface area contributed by atoms with Gasteiger partial charge in [0.15, 0.2) is 0 Å². The van der Waals surface area contributed by atoms with Crippen LogP contribution in [-0.2, 0) is 0 Å². The van der Waals surface area contributed by atoms with Crippen LogP contribution in [0, 0.1) is 0 Å². The summed E-state index contributed by atoms with van der Waals surface area (Å²) >= 11 is 1.92. The Kier molecular flexibility index (Phi) is 2.25. The van der Waals surface area contributed by atoms with Crippen LogP contribution in [0.3, 0.4) is 0 Å². The molecule has 3 nitrogen and oxygen atoms in total. The molecule has 0 spiro atoms. The lowest BCUT2D eigenvalue weighted by molar-refractivity contribution is 0.809. The summed E-state index contributed by atoms with van der Waals surface area (Å²) < 4.78 is 0. The van der Waals surface area contributed by atoms with Crippen molar-refractivity contribution >= 4 is 23.1 Å². The van der Waals surface area contributed by atoms with Gasteiger partial charge in [0.1, 0.15) is 5.50 Å². The Morgan fingerprint density at radius 1 is 1.60 bits per heavy atom. The van der Waals surface area contributed by atoms with E-state index in [2.05, 4.69) is 40.7 Å². The van der Waals surface area contributed by atoms with Crippen molar-refractivity contribution in [1.82, 2.24) is 5.32 Å². The first-order valence-corrected chi connectivity index (χ1v) is 6.31. The number of fused-ring (bicyclic) bond motifs is 3. The van der Waals surface area contributed by atoms with Gasteiger partial charge in [-0.15, -0.1) is 0 Å². The van der Waals surface area contributed by atoms with Gasteiger partial charge in [-0.05, 0) is 25.1 Å². The summed E-state index contributed by atoms with van der Waals surface area (Å²) in [7, 11) is 0. The number of nitrogens with zero attached hydrogens (tertiary/aromatic N) is 1. The first kappa shape index (κ1) is 9.36. The molecular formula is C11H15N3S. The summed E-state index contributed by atoms with van der Waals surface area (Å²) in [4.78, 5) is 3.83. The van der Waals surface area contributed by atoms with Gasteiger partial charge in [0.25, 0.3) is 0 Å². The minimum absolute atomic E-state index is 0.469. The number of thioether (sulfide) groups is 1. The highest BCUT2D eigenvalue weighted by Gasteiger charge is 2.33. The molecule has 0 aromatic heterocycles. The van der Waals surface area contributed by atoms with Crippen LogP contribution in [0.4, 0.5) is 11.4 Å². The molecule has 0 aliphatic carbocycles. The molecule has 0 amide bonds. The topological polar surface area (TPSA) is 27.3 Å². The van der Waals surface area contributed by atoms with E-state index in [0.29, 0.717) is 5.50 Å². The Labute approximate surface area is 94.2 Å². The summed E-state index contributed by atoms with van der Waals surface area (Å²) in [6, 6.07) is 6.65. The molecule has 1 fully saturated rings. The average molecular weight is 221 g/mol. The van der Waals surface area contributed by atoms with E-state index in [1.54, 1.807) is 0 Å². The second-order valence-electron chi connectivity index (χ2n) is 3.83. The fourth-order valence-electron chi connectivity index (χ4n) is 2.17. The maximum Gasteiger partial charge on any atom is 0.133 e. The normalized spacial score (nSPS) is 22.7. The van der Waals surface area contributed by atoms with E-state index in [1.165, 1.54) is 16.3 Å². The molecule has 1 saturated heterocycles. The van der Waals surface area contributed by atoms with Crippen LogP contribution < -0.4 is 15.5 Å². The number of benzene rings is 1. The van der Waals surface area contributed by atoms with Crippen molar-refractivity contribution in [3.63, 3.8) is 0 Å². The molecule has 80 valence electrons. The molecule has 1 atom stereocenters. The fraction of sp³-hybridized carbons (Fsp3) is 0.455. The van der Waals surface area contributed by atoms with Crippen molar-refractivity contribution in [3.8, 4) is 0 Å². The molecule has 1 unspecified atom stereocenters. The molecule has 0 bridgehead atoms. The molecule has 2 aliphatic heterocycles. The van der Waals surface area contributed by atoms with E-state index in [-0.39, 0.29) is 0 Å². The average Bonchev–Trinajstić information content (AvgIpc) is 2.77. The smallest absolute Gasteiger partial charge is 0.133 e. The Bertz CT molecular complexity index is 380. The maximum absolute atomic E-state index is 3.49. The first-order valence-electron chi connectivity index (χ1n) is 5.43. The largest absolute Gasteiger partial charge is 0.385 e. The van der Waals surface area contributed by atoms with Crippen molar-refractivity contribution in [2.24, 2.45) is 0 Å². The lowest BCUT2D eigenvalue weighted by atomic mass is 10.2. The van der Waals surface area contributed by atoms with Crippen molar-refractivity contribution in [2.75, 3.05) is 29.9 Å². The second-order valence-corrected chi connectivity index (χ2v) is 4.95. The van der Waals surface area contributed by atoms with Crippen LogP contribution in [0.2, 0.25) is 0 Å². The Hall–Kier alpha value is -0.870. The van der Waals surface area contributed by atoms with Gasteiger partial charge in [-0.3, -0.25) is 5.32 Å². The minimum Gasteiger partial charge on any atom is -0.385 e. The predicted molar refractivity (Wildman–Crippen MR) is 65.6 cm³/mol. The Morgan fingerprint density at radius 3 is 3.40 bits per heavy atom. The lowest BCUT2D eigenvalue weighted by Gasteiger charge is -2.16. The Balaban J connectivity index is 1.92. The highest BCUT2D eigenvalue weighted by molar-refractivity contribution is 8.00. The van der Waals surface area contributed by atoms with Gasteiger partial charge in [0.05, 0.1) is 5.69 Å². The Morgan fingerprint density at radius 2 is 2.53 bits per heavy atom. The predicted octanol–water partition coefficient (Wildman–Crippen LogP) is 1.92. The molecule has 1 aromatic rings. The molecule has 0 saturated carbocycles. The van der Waals surface area contributed by atoms with Gasteiger partial charge < -0.3 is 10.2 Å². The maximum atomic E-state index is 3.49. The van der Waals surface area contributed by atoms with Gasteiger partial charge in [0, 0.05) is 30.2 Å². The van der Waals surface area contributed by atoms with E-state index < -0.39 is 0 Å². The quantitative estimate of drug-likeness (QED) is 0.798. The van der Waals surface area contributed by atoms with Gasteiger partial charge in [-0.25, -0.2) is 0 Å². The molecule has 3 rings (SSSR count). The van der Waals surface area contributed by atoms with Crippen LogP contribution in [-0.4, -0.2) is 25.1 Å². The SMILES string of the molecule is CCNc1ccc2c(c1)SC1NCCN21. The fourth-order valence-corrected chi connectivity index (χ4v) is 3.46. The molecule has 15 heavy (non-hydrogen) atoms. The third kappa shape index (κ3) is 1.48. The summed E-state index contributed by atoms with van der Waals surface area (Å²) in [5.41, 5.74) is 3.08. The molecule has 2 aliphatic rings. The third-order valence-corrected chi connectivity index (χ3v) is 4.07. The van der Waals surface area contributed by atoms with Crippen LogP contribution in [0.25, 0.3) is 0 Å². The zero-order valence-electron chi connectivity index (χ0n) is 8.79. The lowest BCUT2D eigenvalue weighted by Crippen LogP contribution is -2.28. The molecule has 0 radical (unpaired) electrons. The summed E-state index contributed by atoms with van der Waals surface area (Å²) in [6.07, 6.45) is 0. The number of hydrogen-bond donors (Lipinski definition) is 2. The van der Waals surface area contributed by atoms with Gasteiger partial charge >= 0.3 is 0 Å². The molecule has 4 heteroatoms. The van der Waals surface area contributed by atoms with Crippen LogP contribution in [0.15, 0.2) is 23.1 Å². The van der Waals surface area contributed by atoms with Gasteiger partial charge in [-0.1, -0.05) is 11.8 Å². The molecule has 2 N–H and O–H groups in total. The van der Waals surface area contributed by atoms with Gasteiger partial charge in [0.2, 0.25) is 0 Å². The third-order valence-electron chi connectivity index (χ3n) is 2.84. The highest BCUT2D eigenvalue weighted by Crippen LogP contribution is 2.44. The second kappa shape index (κ2) is 3.61. The zero-order valence-corrected chi connectivity index (χ0v) is 9.60. The standard InChI is InChI=1S/C11H15N3S/c1-2-12-8-3-4-9-10(7-8)15-11-13-5-6-14(9)11/h3-4,7,11-13H,2,5-6H2,1H3. The van der Waals surface area contributed by atoms with E-state index in [9.17, 15) is 0 Å². The summed E-state index contributed by atoms with van der Waals surface area (Å²) in [6.45, 7) is 5.34. The van der Waals surface area contributed by atoms with Crippen LogP contribution in [0.5, 0.6) is 0 Å². The first-order chi connectivity index (χ1) is 7.38. The van der Waals surface area contributed by atoms with Crippen molar-refractivity contribution in [2.45, 2.75) is 17.3 Å². The molecule has 1 aromatic carbocycles. The van der Waals surface area contributed by atoms with Crippen molar-refractivity contribution in [3.05, 3.63) is 18.2 Å². The van der Waals surface area contributed by atoms with E-state index in [4.69, 9.17) is 0 Å². The minimum atomic E-state index is 0.469. The number of rotatable bonds is 2. The van der Waals surface area contributed by atoms with Crippen LogP contribution in [0.1, 0.15) is 6.92 Å². The van der Waals surface area contributed by atoms with Crippen molar-refractivity contribution < 1.29 is 0 Å². The highest BCUT2D eigenvalue weighted by atomic mass is 32.2. The van der Waals surface area contributed by atoms with Crippen LogP contribution >= 0.6 is 11.8 Å².